The molecule has 0 aliphatic rings. The lowest BCUT2D eigenvalue weighted by Gasteiger charge is -1.95. The molecule has 0 radical (unpaired) electrons. The summed E-state index contributed by atoms with van der Waals surface area (Å²) < 4.78 is 0. The summed E-state index contributed by atoms with van der Waals surface area (Å²) in [5.74, 6) is 6.36. The molecule has 3 aromatic carbocycles. The van der Waals surface area contributed by atoms with Crippen LogP contribution in [0.5, 0.6) is 0 Å². The van der Waals surface area contributed by atoms with Gasteiger partial charge in [0.25, 0.3) is 0 Å². The first-order chi connectivity index (χ1) is 10.9. The Bertz CT molecular complexity index is 799. The molecule has 0 amide bonds. The van der Waals surface area contributed by atoms with Crippen LogP contribution < -0.4 is 0 Å². The number of rotatable bonds is 2. The van der Waals surface area contributed by atoms with Crippen LogP contribution in [0, 0.1) is 11.8 Å². The Kier molecular flexibility index (Phi) is 4.50. The minimum Gasteiger partial charge on any atom is -0.0622 e. The smallest absolute Gasteiger partial charge is 0.0249 e. The SMILES string of the molecule is C(#Cc1ccc(C=Cc2ccccc2)cc1)c1ccccc1. The molecule has 0 nitrogen and oxygen atoms in total. The molecule has 0 bridgehead atoms. The molecule has 0 heterocycles. The second-order valence-electron chi connectivity index (χ2n) is 4.98. The van der Waals surface area contributed by atoms with Crippen molar-refractivity contribution in [3.63, 3.8) is 0 Å². The van der Waals surface area contributed by atoms with Crippen molar-refractivity contribution in [2.75, 3.05) is 0 Å². The van der Waals surface area contributed by atoms with Crippen LogP contribution in [0.3, 0.4) is 0 Å². The molecule has 22 heavy (non-hydrogen) atoms. The summed E-state index contributed by atoms with van der Waals surface area (Å²) in [5, 5.41) is 0. The van der Waals surface area contributed by atoms with E-state index < -0.39 is 0 Å². The Morgan fingerprint density at radius 3 is 1.50 bits per heavy atom. The van der Waals surface area contributed by atoms with E-state index in [9.17, 15) is 0 Å². The summed E-state index contributed by atoms with van der Waals surface area (Å²) in [4.78, 5) is 0. The van der Waals surface area contributed by atoms with E-state index in [1.807, 2.05) is 48.5 Å². The second kappa shape index (κ2) is 7.11. The zero-order chi connectivity index (χ0) is 15.0. The Morgan fingerprint density at radius 2 is 0.909 bits per heavy atom. The van der Waals surface area contributed by atoms with Gasteiger partial charge in [-0.25, -0.2) is 0 Å². The Labute approximate surface area is 131 Å². The predicted octanol–water partition coefficient (Wildman–Crippen LogP) is 5.26. The largest absolute Gasteiger partial charge is 0.0622 e. The fourth-order valence-corrected chi connectivity index (χ4v) is 2.10. The van der Waals surface area contributed by atoms with Crippen LogP contribution in [0.1, 0.15) is 22.3 Å². The topological polar surface area (TPSA) is 0 Å². The van der Waals surface area contributed by atoms with Crippen molar-refractivity contribution in [3.8, 4) is 11.8 Å². The fraction of sp³-hybridized carbons (Fsp3) is 0. The van der Waals surface area contributed by atoms with Gasteiger partial charge in [-0.15, -0.1) is 0 Å². The van der Waals surface area contributed by atoms with Crippen molar-refractivity contribution in [1.29, 1.82) is 0 Å². The van der Waals surface area contributed by atoms with Crippen molar-refractivity contribution in [2.24, 2.45) is 0 Å². The van der Waals surface area contributed by atoms with Gasteiger partial charge in [-0.2, -0.15) is 0 Å². The van der Waals surface area contributed by atoms with Crippen molar-refractivity contribution < 1.29 is 0 Å². The van der Waals surface area contributed by atoms with Crippen LogP contribution in [-0.2, 0) is 0 Å². The van der Waals surface area contributed by atoms with E-state index in [0.717, 1.165) is 11.1 Å². The molecule has 0 N–H and O–H groups in total. The maximum Gasteiger partial charge on any atom is 0.0249 e. The average molecular weight is 280 g/mol. The lowest BCUT2D eigenvalue weighted by Crippen LogP contribution is -1.77. The summed E-state index contributed by atoms with van der Waals surface area (Å²) in [6, 6.07) is 28.6. The van der Waals surface area contributed by atoms with Gasteiger partial charge in [0.2, 0.25) is 0 Å². The molecule has 0 atom stereocenters. The third-order valence-corrected chi connectivity index (χ3v) is 3.30. The summed E-state index contributed by atoms with van der Waals surface area (Å²) >= 11 is 0. The third kappa shape index (κ3) is 3.98. The van der Waals surface area contributed by atoms with Gasteiger partial charge in [0.05, 0.1) is 0 Å². The highest BCUT2D eigenvalue weighted by atomic mass is 13.9. The lowest BCUT2D eigenvalue weighted by molar-refractivity contribution is 1.60. The molecule has 3 aromatic rings. The lowest BCUT2D eigenvalue weighted by atomic mass is 10.1. The van der Waals surface area contributed by atoms with Gasteiger partial charge < -0.3 is 0 Å². The van der Waals surface area contributed by atoms with E-state index in [4.69, 9.17) is 0 Å². The summed E-state index contributed by atoms with van der Waals surface area (Å²) in [6.45, 7) is 0. The third-order valence-electron chi connectivity index (χ3n) is 3.30. The molecule has 0 aromatic heterocycles. The molecule has 0 aliphatic carbocycles. The molecule has 104 valence electrons. The highest BCUT2D eigenvalue weighted by Crippen LogP contribution is 2.09. The van der Waals surface area contributed by atoms with E-state index in [1.54, 1.807) is 0 Å². The minimum atomic E-state index is 1.03. The maximum absolute atomic E-state index is 3.19. The van der Waals surface area contributed by atoms with Gasteiger partial charge >= 0.3 is 0 Å². The van der Waals surface area contributed by atoms with Gasteiger partial charge in [-0.3, -0.25) is 0 Å². The molecule has 0 saturated carbocycles. The molecular formula is C22H16. The van der Waals surface area contributed by atoms with Crippen LogP contribution >= 0.6 is 0 Å². The Morgan fingerprint density at radius 1 is 0.455 bits per heavy atom. The monoisotopic (exact) mass is 280 g/mol. The molecule has 3 rings (SSSR count). The number of hydrogen-bond acceptors (Lipinski definition) is 0. The van der Waals surface area contributed by atoms with E-state index in [1.165, 1.54) is 11.1 Å². The average Bonchev–Trinajstić information content (AvgIpc) is 2.61. The summed E-state index contributed by atoms with van der Waals surface area (Å²) in [6.07, 6.45) is 4.23. The van der Waals surface area contributed by atoms with E-state index in [0.29, 0.717) is 0 Å². The van der Waals surface area contributed by atoms with Crippen molar-refractivity contribution in [3.05, 3.63) is 107 Å². The van der Waals surface area contributed by atoms with E-state index >= 15 is 0 Å². The highest BCUT2D eigenvalue weighted by Gasteiger charge is 1.90. The first-order valence-electron chi connectivity index (χ1n) is 7.30. The zero-order valence-electron chi connectivity index (χ0n) is 12.2. The first kappa shape index (κ1) is 13.9. The number of benzene rings is 3. The normalized spacial score (nSPS) is 10.2. The van der Waals surface area contributed by atoms with Crippen molar-refractivity contribution >= 4 is 12.2 Å². The van der Waals surface area contributed by atoms with Crippen LogP contribution in [0.4, 0.5) is 0 Å². The first-order valence-corrected chi connectivity index (χ1v) is 7.30. The molecular weight excluding hydrogens is 264 g/mol. The second-order valence-corrected chi connectivity index (χ2v) is 4.98. The molecule has 0 aliphatic heterocycles. The molecule has 0 saturated heterocycles. The van der Waals surface area contributed by atoms with Crippen LogP contribution in [0.15, 0.2) is 84.9 Å². The van der Waals surface area contributed by atoms with E-state index in [-0.39, 0.29) is 0 Å². The van der Waals surface area contributed by atoms with E-state index in [2.05, 4.69) is 60.4 Å². The molecule has 0 spiro atoms. The standard InChI is InChI=1S/C22H16/c1-3-7-19(8-4-1)11-13-21-15-17-22(18-16-21)14-12-20-9-5-2-6-10-20/h1-11,13,15-18H. The van der Waals surface area contributed by atoms with Gasteiger partial charge in [-0.1, -0.05) is 84.7 Å². The maximum atomic E-state index is 3.19. The van der Waals surface area contributed by atoms with Gasteiger partial charge in [0, 0.05) is 11.1 Å². The number of hydrogen-bond donors (Lipinski definition) is 0. The predicted molar refractivity (Wildman–Crippen MR) is 94.2 cm³/mol. The van der Waals surface area contributed by atoms with Gasteiger partial charge in [0.15, 0.2) is 0 Å². The summed E-state index contributed by atoms with van der Waals surface area (Å²) in [7, 11) is 0. The quantitative estimate of drug-likeness (QED) is 0.444. The minimum absolute atomic E-state index is 1.03. The van der Waals surface area contributed by atoms with Crippen LogP contribution in [-0.4, -0.2) is 0 Å². The summed E-state index contributed by atoms with van der Waals surface area (Å²) in [5.41, 5.74) is 4.45. The van der Waals surface area contributed by atoms with Crippen molar-refractivity contribution in [1.82, 2.24) is 0 Å². The van der Waals surface area contributed by atoms with Gasteiger partial charge in [0.1, 0.15) is 0 Å². The van der Waals surface area contributed by atoms with Crippen LogP contribution in [0.25, 0.3) is 12.2 Å². The fourth-order valence-electron chi connectivity index (χ4n) is 2.10. The molecule has 0 unspecified atom stereocenters. The molecule has 0 fully saturated rings. The van der Waals surface area contributed by atoms with Crippen molar-refractivity contribution in [2.45, 2.75) is 0 Å². The van der Waals surface area contributed by atoms with Crippen LogP contribution in [0.2, 0.25) is 0 Å². The Balaban J connectivity index is 1.71. The van der Waals surface area contributed by atoms with Gasteiger partial charge in [-0.05, 0) is 35.4 Å². The highest BCUT2D eigenvalue weighted by molar-refractivity contribution is 5.69. The molecule has 0 heteroatoms. The zero-order valence-corrected chi connectivity index (χ0v) is 12.2. The Hall–Kier alpha value is -3.04.